The van der Waals surface area contributed by atoms with Gasteiger partial charge >= 0.3 is 0 Å². The highest BCUT2D eigenvalue weighted by molar-refractivity contribution is 4.78. The summed E-state index contributed by atoms with van der Waals surface area (Å²) in [5, 5.41) is 0. The third-order valence-electron chi connectivity index (χ3n) is 3.12. The molecule has 0 aromatic carbocycles. The Morgan fingerprint density at radius 3 is 2.50 bits per heavy atom. The van der Waals surface area contributed by atoms with Crippen molar-refractivity contribution in [2.75, 3.05) is 19.6 Å². The quantitative estimate of drug-likeness (QED) is 0.628. The van der Waals surface area contributed by atoms with Crippen LogP contribution in [0.25, 0.3) is 0 Å². The van der Waals surface area contributed by atoms with Gasteiger partial charge in [0.1, 0.15) is 0 Å². The van der Waals surface area contributed by atoms with Crippen LogP contribution in [-0.2, 0) is 0 Å². The van der Waals surface area contributed by atoms with Crippen molar-refractivity contribution in [2.45, 2.75) is 40.5 Å². The predicted octanol–water partition coefficient (Wildman–Crippen LogP) is 2.76. The van der Waals surface area contributed by atoms with Crippen molar-refractivity contribution in [1.29, 1.82) is 0 Å². The van der Waals surface area contributed by atoms with Crippen LogP contribution in [0.15, 0.2) is 0 Å². The van der Waals surface area contributed by atoms with E-state index in [9.17, 15) is 0 Å². The van der Waals surface area contributed by atoms with E-state index in [0.29, 0.717) is 5.41 Å². The van der Waals surface area contributed by atoms with Gasteiger partial charge in [0.15, 0.2) is 0 Å². The molecule has 1 aliphatic rings. The summed E-state index contributed by atoms with van der Waals surface area (Å²) in [4.78, 5) is 2.62. The smallest absolute Gasteiger partial charge is 0.00327 e. The SMILES string of the molecule is CCC(C)(C)CN1CCC(C)C1. The summed E-state index contributed by atoms with van der Waals surface area (Å²) in [5.41, 5.74) is 0.518. The third-order valence-corrected chi connectivity index (χ3v) is 3.12. The lowest BCUT2D eigenvalue weighted by molar-refractivity contribution is 0.199. The Bertz CT molecular complexity index is 140. The van der Waals surface area contributed by atoms with Gasteiger partial charge in [0, 0.05) is 13.1 Å². The summed E-state index contributed by atoms with van der Waals surface area (Å²) in [5.74, 6) is 0.928. The van der Waals surface area contributed by atoms with Crippen LogP contribution in [0.2, 0.25) is 0 Å². The van der Waals surface area contributed by atoms with Crippen LogP contribution >= 0.6 is 0 Å². The van der Waals surface area contributed by atoms with Gasteiger partial charge < -0.3 is 4.90 Å². The Kier molecular flexibility index (Phi) is 3.16. The van der Waals surface area contributed by atoms with Gasteiger partial charge in [-0.05, 0) is 30.7 Å². The molecule has 0 aromatic heterocycles. The molecule has 0 aliphatic carbocycles. The van der Waals surface area contributed by atoms with E-state index in [4.69, 9.17) is 0 Å². The van der Waals surface area contributed by atoms with Gasteiger partial charge in [0.2, 0.25) is 0 Å². The van der Waals surface area contributed by atoms with Crippen LogP contribution in [0.3, 0.4) is 0 Å². The molecule has 12 heavy (non-hydrogen) atoms. The lowest BCUT2D eigenvalue weighted by atomic mass is 9.90. The van der Waals surface area contributed by atoms with Crippen LogP contribution < -0.4 is 0 Å². The minimum atomic E-state index is 0.518. The largest absolute Gasteiger partial charge is 0.303 e. The highest BCUT2D eigenvalue weighted by Crippen LogP contribution is 2.24. The lowest BCUT2D eigenvalue weighted by Gasteiger charge is -2.28. The van der Waals surface area contributed by atoms with Crippen molar-refractivity contribution in [1.82, 2.24) is 4.90 Å². The summed E-state index contributed by atoms with van der Waals surface area (Å²) >= 11 is 0. The fourth-order valence-corrected chi connectivity index (χ4v) is 1.89. The molecule has 0 saturated carbocycles. The zero-order chi connectivity index (χ0) is 9.19. The molecular formula is C11H23N. The van der Waals surface area contributed by atoms with E-state index in [1.165, 1.54) is 32.5 Å². The summed E-state index contributed by atoms with van der Waals surface area (Å²) < 4.78 is 0. The minimum absolute atomic E-state index is 0.518. The highest BCUT2D eigenvalue weighted by atomic mass is 15.1. The summed E-state index contributed by atoms with van der Waals surface area (Å²) in [7, 11) is 0. The van der Waals surface area contributed by atoms with Crippen LogP contribution in [0.1, 0.15) is 40.5 Å². The molecule has 1 unspecified atom stereocenters. The number of hydrogen-bond acceptors (Lipinski definition) is 1. The molecule has 72 valence electrons. The van der Waals surface area contributed by atoms with E-state index in [1.54, 1.807) is 0 Å². The van der Waals surface area contributed by atoms with E-state index < -0.39 is 0 Å². The first kappa shape index (κ1) is 10.0. The standard InChI is InChI=1S/C11H23N/c1-5-11(3,4)9-12-7-6-10(2)8-12/h10H,5-9H2,1-4H3. The fourth-order valence-electron chi connectivity index (χ4n) is 1.89. The maximum atomic E-state index is 2.62. The van der Waals surface area contributed by atoms with E-state index >= 15 is 0 Å². The molecule has 1 atom stereocenters. The second-order valence-corrected chi connectivity index (χ2v) is 5.15. The molecule has 0 N–H and O–H groups in total. The molecule has 0 aromatic rings. The molecule has 1 fully saturated rings. The molecule has 1 heterocycles. The second kappa shape index (κ2) is 3.78. The summed E-state index contributed by atoms with van der Waals surface area (Å²) in [6.07, 6.45) is 2.69. The first-order valence-corrected chi connectivity index (χ1v) is 5.26. The van der Waals surface area contributed by atoms with E-state index in [1.807, 2.05) is 0 Å². The molecule has 1 nitrogen and oxygen atoms in total. The van der Waals surface area contributed by atoms with Crippen molar-refractivity contribution in [2.24, 2.45) is 11.3 Å². The fraction of sp³-hybridized carbons (Fsp3) is 1.00. The van der Waals surface area contributed by atoms with E-state index in [2.05, 4.69) is 32.6 Å². The first-order valence-electron chi connectivity index (χ1n) is 5.26. The molecule has 0 amide bonds. The maximum Gasteiger partial charge on any atom is 0.00327 e. The third kappa shape index (κ3) is 2.78. The van der Waals surface area contributed by atoms with Gasteiger partial charge in [-0.25, -0.2) is 0 Å². The zero-order valence-electron chi connectivity index (χ0n) is 9.06. The molecule has 1 aliphatic heterocycles. The van der Waals surface area contributed by atoms with Crippen LogP contribution in [0, 0.1) is 11.3 Å². The van der Waals surface area contributed by atoms with Gasteiger partial charge in [-0.2, -0.15) is 0 Å². The maximum absolute atomic E-state index is 2.62. The van der Waals surface area contributed by atoms with Gasteiger partial charge in [-0.3, -0.25) is 0 Å². The predicted molar refractivity (Wildman–Crippen MR) is 54.3 cm³/mol. The molecule has 1 saturated heterocycles. The molecule has 0 radical (unpaired) electrons. The summed E-state index contributed by atoms with van der Waals surface area (Å²) in [6, 6.07) is 0. The summed E-state index contributed by atoms with van der Waals surface area (Å²) in [6.45, 7) is 13.3. The van der Waals surface area contributed by atoms with Crippen LogP contribution in [0.4, 0.5) is 0 Å². The second-order valence-electron chi connectivity index (χ2n) is 5.15. The molecule has 0 spiro atoms. The monoisotopic (exact) mass is 169 g/mol. The lowest BCUT2D eigenvalue weighted by Crippen LogP contribution is -2.32. The Morgan fingerprint density at radius 1 is 1.42 bits per heavy atom. The number of rotatable bonds is 3. The average molecular weight is 169 g/mol. The van der Waals surface area contributed by atoms with Gasteiger partial charge in [0.05, 0.1) is 0 Å². The van der Waals surface area contributed by atoms with Gasteiger partial charge in [0.25, 0.3) is 0 Å². The average Bonchev–Trinajstić information content (AvgIpc) is 2.35. The highest BCUT2D eigenvalue weighted by Gasteiger charge is 2.24. The Hall–Kier alpha value is -0.0400. The molecule has 1 rings (SSSR count). The first-order chi connectivity index (χ1) is 5.53. The molecular weight excluding hydrogens is 146 g/mol. The van der Waals surface area contributed by atoms with Crippen molar-refractivity contribution in [3.63, 3.8) is 0 Å². The van der Waals surface area contributed by atoms with E-state index in [0.717, 1.165) is 5.92 Å². The number of hydrogen-bond donors (Lipinski definition) is 0. The Morgan fingerprint density at radius 2 is 2.08 bits per heavy atom. The normalized spacial score (nSPS) is 26.5. The van der Waals surface area contributed by atoms with Crippen LogP contribution in [0.5, 0.6) is 0 Å². The van der Waals surface area contributed by atoms with Gasteiger partial charge in [-0.1, -0.05) is 27.7 Å². The van der Waals surface area contributed by atoms with Crippen LogP contribution in [-0.4, -0.2) is 24.5 Å². The number of nitrogens with zero attached hydrogens (tertiary/aromatic N) is 1. The minimum Gasteiger partial charge on any atom is -0.303 e. The van der Waals surface area contributed by atoms with Gasteiger partial charge in [-0.15, -0.1) is 0 Å². The van der Waals surface area contributed by atoms with Crippen molar-refractivity contribution >= 4 is 0 Å². The Labute approximate surface area is 77.1 Å². The molecule has 1 heteroatoms. The van der Waals surface area contributed by atoms with Crippen molar-refractivity contribution in [3.05, 3.63) is 0 Å². The Balaban J connectivity index is 2.32. The zero-order valence-corrected chi connectivity index (χ0v) is 9.06. The number of likely N-dealkylation sites (tertiary alicyclic amines) is 1. The molecule has 0 bridgehead atoms. The topological polar surface area (TPSA) is 3.24 Å². The van der Waals surface area contributed by atoms with Crippen molar-refractivity contribution in [3.8, 4) is 0 Å². The van der Waals surface area contributed by atoms with E-state index in [-0.39, 0.29) is 0 Å². The van der Waals surface area contributed by atoms with Crippen molar-refractivity contribution < 1.29 is 0 Å².